The van der Waals surface area contributed by atoms with Crippen LogP contribution in [0.2, 0.25) is 0 Å². The van der Waals surface area contributed by atoms with Gasteiger partial charge in [0.15, 0.2) is 0 Å². The maximum atomic E-state index is 9.37. The Hall–Kier alpha value is -2.66. The minimum absolute atomic E-state index is 0.0341. The van der Waals surface area contributed by atoms with Crippen molar-refractivity contribution in [3.05, 3.63) is 42.0 Å². The van der Waals surface area contributed by atoms with Crippen LogP contribution in [0, 0.1) is 0 Å². The number of nitrogens with one attached hydrogen (secondary N) is 1. The van der Waals surface area contributed by atoms with E-state index in [1.54, 1.807) is 21.3 Å². The number of ether oxygens (including phenoxy) is 3. The second kappa shape index (κ2) is 6.22. The summed E-state index contributed by atoms with van der Waals surface area (Å²) >= 11 is 0. The minimum Gasteiger partial charge on any atom is -0.497 e. The standard InChI is InChI=1S/C18H19NO4/c1-21-13-6-12(7-14(8-13)22-2)16-9-15-17(19-16)4-11(10-20)5-18(15)23-3/h4-9,19-20H,10H2,1-3H3. The molecule has 120 valence electrons. The van der Waals surface area contributed by atoms with E-state index in [0.717, 1.165) is 45.0 Å². The third-order valence-corrected chi connectivity index (χ3v) is 3.82. The van der Waals surface area contributed by atoms with E-state index in [4.69, 9.17) is 14.2 Å². The van der Waals surface area contributed by atoms with Gasteiger partial charge in [-0.3, -0.25) is 0 Å². The number of fused-ring (bicyclic) bond motifs is 1. The van der Waals surface area contributed by atoms with Crippen molar-refractivity contribution in [2.24, 2.45) is 0 Å². The third kappa shape index (κ3) is 2.83. The van der Waals surface area contributed by atoms with Gasteiger partial charge in [-0.2, -0.15) is 0 Å². The van der Waals surface area contributed by atoms with Crippen LogP contribution in [0.4, 0.5) is 0 Å². The predicted molar refractivity (Wildman–Crippen MR) is 89.3 cm³/mol. The molecule has 5 nitrogen and oxygen atoms in total. The molecule has 0 aliphatic rings. The first-order chi connectivity index (χ1) is 11.2. The Bertz CT molecular complexity index is 816. The van der Waals surface area contributed by atoms with Gasteiger partial charge in [-0.1, -0.05) is 0 Å². The van der Waals surface area contributed by atoms with Crippen LogP contribution in [-0.4, -0.2) is 31.4 Å². The molecule has 23 heavy (non-hydrogen) atoms. The molecule has 0 radical (unpaired) electrons. The van der Waals surface area contributed by atoms with Crippen molar-refractivity contribution in [1.82, 2.24) is 4.98 Å². The summed E-state index contributed by atoms with van der Waals surface area (Å²) in [4.78, 5) is 3.36. The van der Waals surface area contributed by atoms with Crippen LogP contribution in [0.1, 0.15) is 5.56 Å². The van der Waals surface area contributed by atoms with Crippen LogP contribution < -0.4 is 14.2 Å². The molecule has 1 aromatic heterocycles. The van der Waals surface area contributed by atoms with E-state index in [1.807, 2.05) is 36.4 Å². The van der Waals surface area contributed by atoms with Gasteiger partial charge in [0.2, 0.25) is 0 Å². The lowest BCUT2D eigenvalue weighted by molar-refractivity contribution is 0.281. The zero-order chi connectivity index (χ0) is 16.4. The molecule has 0 aliphatic carbocycles. The highest BCUT2D eigenvalue weighted by Gasteiger charge is 2.11. The number of aliphatic hydroxyl groups excluding tert-OH is 1. The Morgan fingerprint density at radius 1 is 0.870 bits per heavy atom. The zero-order valence-corrected chi connectivity index (χ0v) is 13.3. The van der Waals surface area contributed by atoms with Crippen molar-refractivity contribution < 1.29 is 19.3 Å². The summed E-state index contributed by atoms with van der Waals surface area (Å²) in [6, 6.07) is 11.5. The van der Waals surface area contributed by atoms with Crippen LogP contribution in [0.25, 0.3) is 22.2 Å². The monoisotopic (exact) mass is 313 g/mol. The molecule has 3 rings (SSSR count). The number of aromatic amines is 1. The molecule has 0 saturated carbocycles. The fraction of sp³-hybridized carbons (Fsp3) is 0.222. The van der Waals surface area contributed by atoms with E-state index in [9.17, 15) is 5.11 Å². The fourth-order valence-corrected chi connectivity index (χ4v) is 2.64. The third-order valence-electron chi connectivity index (χ3n) is 3.82. The van der Waals surface area contributed by atoms with Gasteiger partial charge in [0, 0.05) is 28.2 Å². The molecule has 0 spiro atoms. The SMILES string of the molecule is COc1cc(OC)cc(-c2cc3c(OC)cc(CO)cc3[nH]2)c1. The number of aromatic nitrogens is 1. The maximum Gasteiger partial charge on any atom is 0.128 e. The number of hydrogen-bond donors (Lipinski definition) is 2. The molecule has 0 amide bonds. The largest absolute Gasteiger partial charge is 0.497 e. The van der Waals surface area contributed by atoms with Crippen molar-refractivity contribution in [1.29, 1.82) is 0 Å². The van der Waals surface area contributed by atoms with E-state index in [2.05, 4.69) is 4.98 Å². The molecule has 3 aromatic rings. The Kier molecular flexibility index (Phi) is 4.12. The fourth-order valence-electron chi connectivity index (χ4n) is 2.64. The van der Waals surface area contributed by atoms with Gasteiger partial charge in [-0.05, 0) is 35.9 Å². The van der Waals surface area contributed by atoms with E-state index >= 15 is 0 Å². The first kappa shape index (κ1) is 15.2. The van der Waals surface area contributed by atoms with E-state index in [1.165, 1.54) is 0 Å². The summed E-state index contributed by atoms with van der Waals surface area (Å²) in [5.74, 6) is 2.17. The molecular weight excluding hydrogens is 294 g/mol. The van der Waals surface area contributed by atoms with Gasteiger partial charge in [-0.15, -0.1) is 0 Å². The highest BCUT2D eigenvalue weighted by atomic mass is 16.5. The number of aliphatic hydroxyl groups is 1. The predicted octanol–water partition coefficient (Wildman–Crippen LogP) is 3.35. The quantitative estimate of drug-likeness (QED) is 0.758. The second-order valence-corrected chi connectivity index (χ2v) is 5.20. The molecule has 0 bridgehead atoms. The van der Waals surface area contributed by atoms with Gasteiger partial charge >= 0.3 is 0 Å². The Balaban J connectivity index is 2.17. The lowest BCUT2D eigenvalue weighted by Crippen LogP contribution is -1.89. The summed E-state index contributed by atoms with van der Waals surface area (Å²) in [6.45, 7) is -0.0341. The highest BCUT2D eigenvalue weighted by Crippen LogP contribution is 2.34. The molecule has 0 aliphatic heterocycles. The first-order valence-electron chi connectivity index (χ1n) is 7.22. The van der Waals surface area contributed by atoms with Crippen molar-refractivity contribution in [3.63, 3.8) is 0 Å². The summed E-state index contributed by atoms with van der Waals surface area (Å²) in [7, 11) is 4.87. The topological polar surface area (TPSA) is 63.7 Å². The minimum atomic E-state index is -0.0341. The second-order valence-electron chi connectivity index (χ2n) is 5.20. The van der Waals surface area contributed by atoms with Crippen molar-refractivity contribution in [2.75, 3.05) is 21.3 Å². The Morgan fingerprint density at radius 2 is 1.57 bits per heavy atom. The van der Waals surface area contributed by atoms with Crippen LogP contribution >= 0.6 is 0 Å². The van der Waals surface area contributed by atoms with E-state index in [-0.39, 0.29) is 6.61 Å². The van der Waals surface area contributed by atoms with Crippen molar-refractivity contribution in [3.8, 4) is 28.5 Å². The van der Waals surface area contributed by atoms with Crippen molar-refractivity contribution in [2.45, 2.75) is 6.61 Å². The maximum absolute atomic E-state index is 9.37. The molecule has 0 atom stereocenters. The molecule has 2 N–H and O–H groups in total. The van der Waals surface area contributed by atoms with Gasteiger partial charge in [0.05, 0.1) is 27.9 Å². The van der Waals surface area contributed by atoms with Crippen LogP contribution in [0.3, 0.4) is 0 Å². The molecule has 0 fully saturated rings. The lowest BCUT2D eigenvalue weighted by Gasteiger charge is -2.07. The van der Waals surface area contributed by atoms with E-state index < -0.39 is 0 Å². The molecule has 0 saturated heterocycles. The van der Waals surface area contributed by atoms with E-state index in [0.29, 0.717) is 0 Å². The van der Waals surface area contributed by atoms with Crippen molar-refractivity contribution >= 4 is 10.9 Å². The highest BCUT2D eigenvalue weighted by molar-refractivity contribution is 5.91. The van der Waals surface area contributed by atoms with Gasteiger partial charge in [-0.25, -0.2) is 0 Å². The normalized spacial score (nSPS) is 10.8. The lowest BCUT2D eigenvalue weighted by atomic mass is 10.1. The van der Waals surface area contributed by atoms with Gasteiger partial charge < -0.3 is 24.3 Å². The smallest absolute Gasteiger partial charge is 0.128 e. The zero-order valence-electron chi connectivity index (χ0n) is 13.3. The Labute approximate surface area is 134 Å². The number of rotatable bonds is 5. The van der Waals surface area contributed by atoms with Gasteiger partial charge in [0.25, 0.3) is 0 Å². The summed E-state index contributed by atoms with van der Waals surface area (Å²) in [5, 5.41) is 10.3. The number of H-pyrrole nitrogens is 1. The summed E-state index contributed by atoms with van der Waals surface area (Å²) < 4.78 is 16.1. The number of hydrogen-bond acceptors (Lipinski definition) is 4. The number of methoxy groups -OCH3 is 3. The molecule has 1 heterocycles. The summed E-state index contributed by atoms with van der Waals surface area (Å²) in [6.07, 6.45) is 0. The molecular formula is C18H19NO4. The van der Waals surface area contributed by atoms with Crippen LogP contribution in [0.5, 0.6) is 17.2 Å². The first-order valence-corrected chi connectivity index (χ1v) is 7.22. The summed E-state index contributed by atoms with van der Waals surface area (Å²) in [5.41, 5.74) is 3.58. The average Bonchev–Trinajstić information content (AvgIpc) is 3.04. The van der Waals surface area contributed by atoms with Crippen LogP contribution in [0.15, 0.2) is 36.4 Å². The molecule has 2 aromatic carbocycles. The van der Waals surface area contributed by atoms with Gasteiger partial charge in [0.1, 0.15) is 17.2 Å². The van der Waals surface area contributed by atoms with Crippen LogP contribution in [-0.2, 0) is 6.61 Å². The molecule has 5 heteroatoms. The molecule has 0 unspecified atom stereocenters. The number of benzene rings is 2. The Morgan fingerprint density at radius 3 is 2.13 bits per heavy atom. The average molecular weight is 313 g/mol.